The van der Waals surface area contributed by atoms with Gasteiger partial charge in [-0.2, -0.15) is 0 Å². The van der Waals surface area contributed by atoms with E-state index in [4.69, 9.17) is 6.91 Å². The van der Waals surface area contributed by atoms with Crippen LogP contribution >= 0.6 is 0 Å². The first-order valence-corrected chi connectivity index (χ1v) is 3.30. The largest absolute Gasteiger partial charge is 0.502 e. The molecular weight excluding hydrogens is 190 g/mol. The van der Waals surface area contributed by atoms with Gasteiger partial charge in [0.05, 0.1) is 14.0 Å². The second-order valence-corrected chi connectivity index (χ2v) is 2.19. The predicted molar refractivity (Wildman–Crippen MR) is 46.1 cm³/mol. The molecule has 1 rings (SSSR count). The first kappa shape index (κ1) is 4.94. The molecule has 0 bridgehead atoms. The van der Waals surface area contributed by atoms with Crippen molar-refractivity contribution in [3.8, 4) is 5.75 Å². The molecule has 0 aliphatic heterocycles. The van der Waals surface area contributed by atoms with Crippen molar-refractivity contribution in [2.45, 2.75) is 6.37 Å². The molecule has 1 aromatic carbocycles. The number of hydrogen-bond acceptors (Lipinski definition) is 5. The normalized spacial score (nSPS) is 15.6. The van der Waals surface area contributed by atoms with Crippen LogP contribution in [0.5, 0.6) is 5.75 Å². The lowest BCUT2D eigenvalue weighted by molar-refractivity contribution is -0.385. The molecule has 0 unspecified atom stereocenters. The molecule has 6 nitrogen and oxygen atoms in total. The number of phenols is 1. The molecule has 0 spiro atoms. The highest BCUT2D eigenvalue weighted by molar-refractivity contribution is 5.70. The van der Waals surface area contributed by atoms with E-state index < -0.39 is 46.4 Å². The number of nitro benzene ring substituents is 1. The van der Waals surface area contributed by atoms with Gasteiger partial charge in [0, 0.05) is 8.78 Å². The summed E-state index contributed by atoms with van der Waals surface area (Å²) in [7, 11) is 0. The van der Waals surface area contributed by atoms with Crippen molar-refractivity contribution in [2.24, 2.45) is 0 Å². The summed E-state index contributed by atoms with van der Waals surface area (Å²) >= 11 is 0. The Labute approximate surface area is 85.7 Å². The highest BCUT2D eigenvalue weighted by atomic mass is 16.6. The van der Waals surface area contributed by atoms with Gasteiger partial charge in [0.15, 0.2) is 5.75 Å². The molecule has 0 radical (unpaired) electrons. The second-order valence-electron chi connectivity index (χ2n) is 2.19. The molecular formula is C8H7NO5. The van der Waals surface area contributed by atoms with E-state index in [-0.39, 0.29) is 0 Å². The fraction of sp³-hybridized carbons (Fsp3) is 0.125. The average molecular weight is 202 g/mol. The van der Waals surface area contributed by atoms with Crippen LogP contribution in [-0.4, -0.2) is 21.1 Å². The Morgan fingerprint density at radius 3 is 3.14 bits per heavy atom. The van der Waals surface area contributed by atoms with Gasteiger partial charge in [0.2, 0.25) is 0 Å². The van der Waals surface area contributed by atoms with Gasteiger partial charge >= 0.3 is 11.7 Å². The number of nitro groups is 1. The van der Waals surface area contributed by atoms with E-state index in [9.17, 15) is 20.0 Å². The molecule has 0 atom stereocenters. The summed E-state index contributed by atoms with van der Waals surface area (Å²) in [5.74, 6) is -2.80. The number of carboxylic acids is 1. The van der Waals surface area contributed by atoms with E-state index in [1.165, 1.54) is 0 Å². The van der Waals surface area contributed by atoms with E-state index >= 15 is 0 Å². The summed E-state index contributed by atoms with van der Waals surface area (Å²) in [6.07, 6.45) is -3.02. The molecule has 0 amide bonds. The van der Waals surface area contributed by atoms with E-state index in [2.05, 4.69) is 5.11 Å². The van der Waals surface area contributed by atoms with Gasteiger partial charge in [-0.15, -0.1) is 0 Å². The molecule has 0 fully saturated rings. The molecule has 0 saturated heterocycles. The Morgan fingerprint density at radius 1 is 1.86 bits per heavy atom. The van der Waals surface area contributed by atoms with Crippen LogP contribution in [-0.2, 0) is 11.2 Å². The van der Waals surface area contributed by atoms with Crippen LogP contribution in [0.15, 0.2) is 18.2 Å². The summed E-state index contributed by atoms with van der Waals surface area (Å²) in [6, 6.07) is -1.28. The molecule has 6 heteroatoms. The van der Waals surface area contributed by atoms with Crippen LogP contribution in [0, 0.1) is 10.1 Å². The van der Waals surface area contributed by atoms with Crippen LogP contribution in [0.3, 0.4) is 0 Å². The molecule has 0 saturated carbocycles. The Bertz CT molecular complexity index is 561. The van der Waals surface area contributed by atoms with E-state index in [0.29, 0.717) is 6.07 Å². The number of aromatic hydroxyl groups is 1. The third kappa shape index (κ3) is 2.19. The highest BCUT2D eigenvalue weighted by Gasteiger charge is 2.14. The molecule has 1 aromatic rings. The van der Waals surface area contributed by atoms with Crippen LogP contribution < -0.4 is 0 Å². The third-order valence-electron chi connectivity index (χ3n) is 1.25. The maximum Gasteiger partial charge on any atom is 0.310 e. The Kier molecular flexibility index (Phi) is 1.32. The summed E-state index contributed by atoms with van der Waals surface area (Å²) in [5.41, 5.74) is -2.02. The van der Waals surface area contributed by atoms with Gasteiger partial charge in [0.25, 0.3) is 1.43 Å². The minimum Gasteiger partial charge on any atom is -0.502 e. The van der Waals surface area contributed by atoms with Crippen LogP contribution in [0.1, 0.15) is 11.0 Å². The molecule has 2 N–H and O–H groups in total. The predicted octanol–water partition coefficient (Wildman–Crippen LogP) is 0.927. The smallest absolute Gasteiger partial charge is 0.310 e. The average Bonchev–Trinajstić information content (AvgIpc) is 2.32. The zero-order valence-corrected chi connectivity index (χ0v) is 6.60. The number of nitrogens with zero attached hydrogens (tertiary/aromatic N) is 1. The van der Waals surface area contributed by atoms with Gasteiger partial charge in [-0.3, -0.25) is 14.9 Å². The molecule has 74 valence electrons. The van der Waals surface area contributed by atoms with Gasteiger partial charge in [0.1, 0.15) is 0 Å². The zero-order valence-electron chi connectivity index (χ0n) is 11.6. The number of benzene rings is 1. The second kappa shape index (κ2) is 3.73. The number of carboxylic acid groups (broad SMARTS) is 1. The zero-order chi connectivity index (χ0) is 15.0. The summed E-state index contributed by atoms with van der Waals surface area (Å²) in [5, 5.41) is 23.4. The Morgan fingerprint density at radius 2 is 2.57 bits per heavy atom. The van der Waals surface area contributed by atoms with E-state index in [0.717, 1.165) is 0 Å². The van der Waals surface area contributed by atoms with Gasteiger partial charge < -0.3 is 10.2 Å². The Hall–Kier alpha value is -2.11. The lowest BCUT2D eigenvalue weighted by Crippen LogP contribution is -2.00. The molecule has 14 heavy (non-hydrogen) atoms. The summed E-state index contributed by atoms with van der Waals surface area (Å²) < 4.78 is 35.8. The first-order chi connectivity index (χ1) is 8.64. The van der Waals surface area contributed by atoms with Crippen molar-refractivity contribution < 1.29 is 25.4 Å². The molecule has 0 heterocycles. The standard InChI is InChI=1S/C8H7NO5/c10-7-2-1-5(4-8(11)12)3-6(7)9(13)14/h1-3,10H,4H2,(H,11,12)/i2D,3D,4D2/hD. The van der Waals surface area contributed by atoms with E-state index in [1.807, 2.05) is 0 Å². The third-order valence-corrected chi connectivity index (χ3v) is 1.25. The summed E-state index contributed by atoms with van der Waals surface area (Å²) in [6.45, 7) is 0. The van der Waals surface area contributed by atoms with Crippen molar-refractivity contribution >= 4 is 11.7 Å². The fourth-order valence-corrected chi connectivity index (χ4v) is 0.741. The first-order valence-electron chi connectivity index (χ1n) is 5.71. The molecule has 0 aromatic heterocycles. The maximum atomic E-state index is 11.1. The van der Waals surface area contributed by atoms with E-state index in [1.54, 1.807) is 0 Å². The van der Waals surface area contributed by atoms with Gasteiger partial charge in [-0.25, -0.2) is 0 Å². The lowest BCUT2D eigenvalue weighted by Gasteiger charge is -1.98. The number of rotatable bonds is 3. The van der Waals surface area contributed by atoms with Crippen molar-refractivity contribution in [2.75, 3.05) is 0 Å². The number of carbonyl (C=O) groups is 1. The number of aliphatic carboxylic acids is 1. The summed E-state index contributed by atoms with van der Waals surface area (Å²) in [4.78, 5) is 20.6. The fourth-order valence-electron chi connectivity index (χ4n) is 0.741. The quantitative estimate of drug-likeness (QED) is 0.560. The number of phenolic OH excluding ortho intramolecular Hbond substituents is 1. The molecule has 0 aliphatic carbocycles. The van der Waals surface area contributed by atoms with Crippen molar-refractivity contribution in [3.05, 3.63) is 33.8 Å². The van der Waals surface area contributed by atoms with Crippen molar-refractivity contribution in [1.29, 1.82) is 1.43 Å². The number of hydrogen-bond donors (Lipinski definition) is 2. The van der Waals surface area contributed by atoms with Crippen molar-refractivity contribution in [3.63, 3.8) is 0 Å². The maximum absolute atomic E-state index is 11.1. The van der Waals surface area contributed by atoms with Crippen LogP contribution in [0.4, 0.5) is 5.69 Å². The molecule has 0 aliphatic rings. The SMILES string of the molecule is [2H]OC(=O)C([2H])([2H])c1cc([2H])c(O)c([N+](=O)[O-])c1[2H]. The van der Waals surface area contributed by atoms with Gasteiger partial charge in [-0.05, 0) is 11.6 Å². The van der Waals surface area contributed by atoms with Crippen LogP contribution in [0.25, 0.3) is 1.43 Å². The minimum atomic E-state index is -3.02. The Balaban J connectivity index is 3.64. The van der Waals surface area contributed by atoms with Crippen LogP contribution in [0.2, 0.25) is 0 Å². The topological polar surface area (TPSA) is 101 Å². The monoisotopic (exact) mass is 202 g/mol. The highest BCUT2D eigenvalue weighted by Crippen LogP contribution is 2.26. The van der Waals surface area contributed by atoms with Gasteiger partial charge in [-0.1, -0.05) is 6.07 Å². The van der Waals surface area contributed by atoms with Crippen molar-refractivity contribution in [1.82, 2.24) is 0 Å². The lowest BCUT2D eigenvalue weighted by atomic mass is 10.1. The minimum absolute atomic E-state index is 0.599.